The number of thioether (sulfide) groups is 1. The predicted octanol–water partition coefficient (Wildman–Crippen LogP) is 4.90. The standard InChI is InChI=1S/C24H27N3O2S3/c1-4-9-27-23(29)20-17-6-5-14(2)12-19(17)32-21(20)25-24(27)31-15(3)22(28)26-10-7-18-16(13-26)8-11-30-18/h4,8,11,14-15H,1,5-7,9-10,12-13H2,2-3H3. The van der Waals surface area contributed by atoms with E-state index in [1.807, 2.05) is 11.8 Å². The first-order chi connectivity index (χ1) is 15.5. The number of hydrogen-bond donors (Lipinski definition) is 0. The van der Waals surface area contributed by atoms with Gasteiger partial charge in [-0.15, -0.1) is 29.3 Å². The van der Waals surface area contributed by atoms with Crippen LogP contribution in [0, 0.1) is 5.92 Å². The predicted molar refractivity (Wildman–Crippen MR) is 134 cm³/mol. The molecule has 32 heavy (non-hydrogen) atoms. The van der Waals surface area contributed by atoms with E-state index >= 15 is 0 Å². The summed E-state index contributed by atoms with van der Waals surface area (Å²) >= 11 is 4.82. The van der Waals surface area contributed by atoms with Gasteiger partial charge in [-0.2, -0.15) is 0 Å². The molecule has 0 aromatic carbocycles. The van der Waals surface area contributed by atoms with Gasteiger partial charge in [0.1, 0.15) is 4.83 Å². The van der Waals surface area contributed by atoms with E-state index in [-0.39, 0.29) is 16.7 Å². The molecule has 1 aliphatic heterocycles. The molecule has 0 fully saturated rings. The molecule has 2 unspecified atom stereocenters. The van der Waals surface area contributed by atoms with Crippen molar-refractivity contribution in [2.75, 3.05) is 6.54 Å². The van der Waals surface area contributed by atoms with Crippen molar-refractivity contribution in [3.05, 3.63) is 55.3 Å². The highest BCUT2D eigenvalue weighted by Gasteiger charge is 2.29. The first-order valence-corrected chi connectivity index (χ1v) is 13.7. The number of hydrogen-bond acceptors (Lipinski definition) is 6. The van der Waals surface area contributed by atoms with Gasteiger partial charge < -0.3 is 4.90 Å². The Morgan fingerprint density at radius 2 is 2.25 bits per heavy atom. The van der Waals surface area contributed by atoms with E-state index in [2.05, 4.69) is 24.9 Å². The van der Waals surface area contributed by atoms with Crippen LogP contribution in [0.3, 0.4) is 0 Å². The average molecular weight is 486 g/mol. The maximum Gasteiger partial charge on any atom is 0.263 e. The van der Waals surface area contributed by atoms with Crippen molar-refractivity contribution < 1.29 is 4.79 Å². The maximum atomic E-state index is 13.5. The van der Waals surface area contributed by atoms with Gasteiger partial charge in [-0.1, -0.05) is 24.8 Å². The van der Waals surface area contributed by atoms with Crippen LogP contribution in [-0.4, -0.2) is 32.2 Å². The third kappa shape index (κ3) is 3.86. The van der Waals surface area contributed by atoms with Crippen LogP contribution in [0.5, 0.6) is 0 Å². The third-order valence-corrected chi connectivity index (χ3v) is 9.69. The zero-order chi connectivity index (χ0) is 22.4. The normalized spacial score (nSPS) is 18.9. The summed E-state index contributed by atoms with van der Waals surface area (Å²) in [6.45, 7) is 9.85. The first-order valence-electron chi connectivity index (χ1n) is 11.1. The van der Waals surface area contributed by atoms with E-state index in [4.69, 9.17) is 4.98 Å². The van der Waals surface area contributed by atoms with Crippen molar-refractivity contribution in [2.45, 2.75) is 63.0 Å². The summed E-state index contributed by atoms with van der Waals surface area (Å²) in [6, 6.07) is 2.12. The van der Waals surface area contributed by atoms with Crippen molar-refractivity contribution in [3.63, 3.8) is 0 Å². The zero-order valence-electron chi connectivity index (χ0n) is 18.4. The monoisotopic (exact) mass is 485 g/mol. The van der Waals surface area contributed by atoms with E-state index in [0.29, 0.717) is 24.2 Å². The Kier molecular flexibility index (Phi) is 6.03. The summed E-state index contributed by atoms with van der Waals surface area (Å²) in [4.78, 5) is 37.1. The lowest BCUT2D eigenvalue weighted by molar-refractivity contribution is -0.131. The minimum atomic E-state index is -0.315. The van der Waals surface area contributed by atoms with E-state index < -0.39 is 0 Å². The van der Waals surface area contributed by atoms with Gasteiger partial charge >= 0.3 is 0 Å². The molecule has 0 spiro atoms. The average Bonchev–Trinajstić information content (AvgIpc) is 3.38. The van der Waals surface area contributed by atoms with Crippen molar-refractivity contribution in [1.29, 1.82) is 0 Å². The maximum absolute atomic E-state index is 13.5. The highest BCUT2D eigenvalue weighted by molar-refractivity contribution is 8.00. The van der Waals surface area contributed by atoms with Gasteiger partial charge in [0.2, 0.25) is 5.91 Å². The molecule has 2 atom stereocenters. The zero-order valence-corrected chi connectivity index (χ0v) is 20.9. The topological polar surface area (TPSA) is 55.2 Å². The summed E-state index contributed by atoms with van der Waals surface area (Å²) in [5.74, 6) is 0.747. The molecular weight excluding hydrogens is 458 g/mol. The molecule has 5 rings (SSSR count). The molecular formula is C24H27N3O2S3. The minimum absolute atomic E-state index is 0.00462. The molecule has 3 aromatic heterocycles. The van der Waals surface area contributed by atoms with Gasteiger partial charge in [-0.05, 0) is 61.1 Å². The fourth-order valence-corrected chi connectivity index (χ4v) is 8.00. The number of amides is 1. The molecule has 0 bridgehead atoms. The first kappa shape index (κ1) is 21.9. The molecule has 0 radical (unpaired) electrons. The summed E-state index contributed by atoms with van der Waals surface area (Å²) in [5.41, 5.74) is 2.46. The van der Waals surface area contributed by atoms with Crippen molar-refractivity contribution in [1.82, 2.24) is 14.5 Å². The second-order valence-electron chi connectivity index (χ2n) is 8.77. The van der Waals surface area contributed by atoms with Crippen LogP contribution >= 0.6 is 34.4 Å². The Labute approximate surface area is 200 Å². The number of thiophene rings is 2. The van der Waals surface area contributed by atoms with Crippen LogP contribution in [0.2, 0.25) is 0 Å². The Balaban J connectivity index is 1.45. The summed E-state index contributed by atoms with van der Waals surface area (Å²) in [5, 5.41) is 3.18. The number of rotatable bonds is 5. The Bertz CT molecular complexity index is 1260. The SMILES string of the molecule is C=CCn1c(SC(C)C(=O)N2CCc3sccc3C2)nc2sc3c(c2c1=O)CCC(C)C3. The minimum Gasteiger partial charge on any atom is -0.337 e. The number of nitrogens with zero attached hydrogens (tertiary/aromatic N) is 3. The van der Waals surface area contributed by atoms with E-state index in [1.54, 1.807) is 33.3 Å². The summed E-state index contributed by atoms with van der Waals surface area (Å²) < 4.78 is 1.70. The van der Waals surface area contributed by atoms with Crippen molar-refractivity contribution >= 4 is 50.6 Å². The van der Waals surface area contributed by atoms with E-state index in [9.17, 15) is 9.59 Å². The van der Waals surface area contributed by atoms with Crippen molar-refractivity contribution in [2.24, 2.45) is 5.92 Å². The Hall–Kier alpha value is -1.90. The van der Waals surface area contributed by atoms with Gasteiger partial charge in [0.05, 0.1) is 10.6 Å². The van der Waals surface area contributed by atoms with Gasteiger partial charge in [0.15, 0.2) is 5.16 Å². The quantitative estimate of drug-likeness (QED) is 0.293. The van der Waals surface area contributed by atoms with Gasteiger partial charge in [0, 0.05) is 29.4 Å². The van der Waals surface area contributed by atoms with Crippen LogP contribution in [0.1, 0.15) is 41.1 Å². The molecule has 0 saturated heterocycles. The smallest absolute Gasteiger partial charge is 0.263 e. The lowest BCUT2D eigenvalue weighted by Crippen LogP contribution is -2.40. The van der Waals surface area contributed by atoms with Crippen molar-refractivity contribution in [3.8, 4) is 0 Å². The second kappa shape index (κ2) is 8.80. The molecule has 5 nitrogen and oxygen atoms in total. The molecule has 1 amide bonds. The highest BCUT2D eigenvalue weighted by atomic mass is 32.2. The molecule has 168 valence electrons. The fraction of sp³-hybridized carbons (Fsp3) is 0.458. The molecule has 0 saturated carbocycles. The lowest BCUT2D eigenvalue weighted by atomic mass is 9.89. The Morgan fingerprint density at radius 3 is 3.06 bits per heavy atom. The van der Waals surface area contributed by atoms with Crippen LogP contribution in [-0.2, 0) is 37.1 Å². The molecule has 4 heterocycles. The van der Waals surface area contributed by atoms with E-state index in [1.165, 1.54) is 32.6 Å². The largest absolute Gasteiger partial charge is 0.337 e. The molecule has 0 N–H and O–H groups in total. The highest BCUT2D eigenvalue weighted by Crippen LogP contribution is 2.37. The van der Waals surface area contributed by atoms with E-state index in [0.717, 1.165) is 42.4 Å². The van der Waals surface area contributed by atoms with Gasteiger partial charge in [-0.3, -0.25) is 14.2 Å². The molecule has 8 heteroatoms. The Morgan fingerprint density at radius 1 is 1.41 bits per heavy atom. The van der Waals surface area contributed by atoms with Gasteiger partial charge in [-0.25, -0.2) is 4.98 Å². The van der Waals surface area contributed by atoms with Crippen LogP contribution in [0.15, 0.2) is 34.1 Å². The summed E-state index contributed by atoms with van der Waals surface area (Å²) in [7, 11) is 0. The number of aromatic nitrogens is 2. The number of allylic oxidation sites excluding steroid dienone is 1. The summed E-state index contributed by atoms with van der Waals surface area (Å²) in [6.07, 6.45) is 5.73. The number of carbonyl (C=O) groups is 1. The van der Waals surface area contributed by atoms with Crippen LogP contribution in [0.25, 0.3) is 10.2 Å². The van der Waals surface area contributed by atoms with Crippen LogP contribution < -0.4 is 5.56 Å². The molecule has 3 aromatic rings. The van der Waals surface area contributed by atoms with Gasteiger partial charge in [0.25, 0.3) is 5.56 Å². The lowest BCUT2D eigenvalue weighted by Gasteiger charge is -2.29. The second-order valence-corrected chi connectivity index (χ2v) is 12.2. The molecule has 2 aliphatic rings. The third-order valence-electron chi connectivity index (χ3n) is 6.44. The fourth-order valence-electron chi connectivity index (χ4n) is 4.69. The number of fused-ring (bicyclic) bond motifs is 4. The number of carbonyl (C=O) groups excluding carboxylic acids is 1. The molecule has 1 aliphatic carbocycles. The van der Waals surface area contributed by atoms with Crippen LogP contribution in [0.4, 0.5) is 0 Å². The number of aryl methyl sites for hydroxylation is 1.